The zero-order valence-corrected chi connectivity index (χ0v) is 10.8. The predicted molar refractivity (Wildman–Crippen MR) is 66.0 cm³/mol. The molecule has 0 amide bonds. The molecule has 0 atom stereocenters. The summed E-state index contributed by atoms with van der Waals surface area (Å²) in [5.74, 6) is 0.0208. The van der Waals surface area contributed by atoms with E-state index in [9.17, 15) is 9.18 Å². The number of methoxy groups -OCH3 is 1. The lowest BCUT2D eigenvalue weighted by atomic mass is 10.3. The lowest BCUT2D eigenvalue weighted by Gasteiger charge is -2.05. The van der Waals surface area contributed by atoms with Gasteiger partial charge in [0.2, 0.25) is 0 Å². The Hall–Kier alpha value is -2.37. The molecule has 0 N–H and O–H groups in total. The second kappa shape index (κ2) is 5.09. The van der Waals surface area contributed by atoms with Gasteiger partial charge in [0.05, 0.1) is 18.5 Å². The standard InChI is InChI=1S/C13H13FN2O3/c1-8-12(19-13(17)18-3)9(2)16(15-8)11-6-4-10(14)5-7-11/h4-7H,1-3H3. The van der Waals surface area contributed by atoms with Gasteiger partial charge in [-0.2, -0.15) is 5.10 Å². The molecule has 1 heterocycles. The summed E-state index contributed by atoms with van der Waals surface area (Å²) in [5.41, 5.74) is 1.86. The van der Waals surface area contributed by atoms with Gasteiger partial charge in [-0.15, -0.1) is 0 Å². The van der Waals surface area contributed by atoms with E-state index < -0.39 is 6.16 Å². The van der Waals surface area contributed by atoms with Crippen molar-refractivity contribution in [1.82, 2.24) is 9.78 Å². The number of hydrogen-bond donors (Lipinski definition) is 0. The molecule has 0 aliphatic rings. The average molecular weight is 264 g/mol. The molecule has 19 heavy (non-hydrogen) atoms. The van der Waals surface area contributed by atoms with E-state index in [1.54, 1.807) is 30.7 Å². The maximum absolute atomic E-state index is 12.9. The molecule has 0 saturated carbocycles. The molecule has 0 saturated heterocycles. The number of aryl methyl sites for hydroxylation is 1. The Bertz CT molecular complexity index is 605. The number of hydrogen-bond acceptors (Lipinski definition) is 4. The molecule has 0 unspecified atom stereocenters. The van der Waals surface area contributed by atoms with Crippen LogP contribution in [-0.4, -0.2) is 23.0 Å². The summed E-state index contributed by atoms with van der Waals surface area (Å²) < 4.78 is 23.9. The van der Waals surface area contributed by atoms with Crippen molar-refractivity contribution in [3.8, 4) is 11.4 Å². The van der Waals surface area contributed by atoms with Crippen molar-refractivity contribution in [2.45, 2.75) is 13.8 Å². The summed E-state index contributed by atoms with van der Waals surface area (Å²) in [6.07, 6.45) is -0.801. The van der Waals surface area contributed by atoms with E-state index in [2.05, 4.69) is 9.84 Å². The third kappa shape index (κ3) is 2.57. The number of carbonyl (C=O) groups excluding carboxylic acids is 1. The fraction of sp³-hybridized carbons (Fsp3) is 0.231. The SMILES string of the molecule is COC(=O)Oc1c(C)nn(-c2ccc(F)cc2)c1C. The van der Waals surface area contributed by atoms with Gasteiger partial charge in [-0.1, -0.05) is 0 Å². The van der Waals surface area contributed by atoms with Crippen LogP contribution in [-0.2, 0) is 4.74 Å². The van der Waals surface area contributed by atoms with Gasteiger partial charge in [-0.05, 0) is 38.1 Å². The van der Waals surface area contributed by atoms with Crippen LogP contribution >= 0.6 is 0 Å². The Morgan fingerprint density at radius 1 is 1.26 bits per heavy atom. The third-order valence-corrected chi connectivity index (χ3v) is 2.65. The first-order chi connectivity index (χ1) is 9.02. The van der Waals surface area contributed by atoms with Gasteiger partial charge < -0.3 is 9.47 Å². The first kappa shape index (κ1) is 13.1. The number of ether oxygens (including phenoxy) is 2. The summed E-state index contributed by atoms with van der Waals surface area (Å²) in [5, 5.41) is 4.26. The highest BCUT2D eigenvalue weighted by Gasteiger charge is 2.17. The first-order valence-electron chi connectivity index (χ1n) is 5.61. The number of rotatable bonds is 2. The lowest BCUT2D eigenvalue weighted by molar-refractivity contribution is 0.121. The number of benzene rings is 1. The van der Waals surface area contributed by atoms with Gasteiger partial charge in [0.25, 0.3) is 0 Å². The molecule has 2 rings (SSSR count). The Kier molecular flexibility index (Phi) is 3.50. The van der Waals surface area contributed by atoms with Crippen LogP contribution in [0.25, 0.3) is 5.69 Å². The van der Waals surface area contributed by atoms with E-state index in [0.29, 0.717) is 22.8 Å². The van der Waals surface area contributed by atoms with Crippen LogP contribution in [0.15, 0.2) is 24.3 Å². The van der Waals surface area contributed by atoms with Crippen LogP contribution in [0.5, 0.6) is 5.75 Å². The lowest BCUT2D eigenvalue weighted by Crippen LogP contribution is -2.08. The Morgan fingerprint density at radius 3 is 2.47 bits per heavy atom. The van der Waals surface area contributed by atoms with Crippen LogP contribution in [0.2, 0.25) is 0 Å². The molecule has 0 spiro atoms. The highest BCUT2D eigenvalue weighted by atomic mass is 19.1. The van der Waals surface area contributed by atoms with E-state index in [4.69, 9.17) is 4.74 Å². The van der Waals surface area contributed by atoms with E-state index >= 15 is 0 Å². The van der Waals surface area contributed by atoms with E-state index in [1.165, 1.54) is 19.2 Å². The number of halogens is 1. The van der Waals surface area contributed by atoms with Gasteiger partial charge in [0, 0.05) is 0 Å². The summed E-state index contributed by atoms with van der Waals surface area (Å²) in [6, 6.07) is 5.87. The maximum Gasteiger partial charge on any atom is 0.513 e. The largest absolute Gasteiger partial charge is 0.513 e. The van der Waals surface area contributed by atoms with E-state index in [1.807, 2.05) is 0 Å². The molecule has 0 aliphatic carbocycles. The van der Waals surface area contributed by atoms with Crippen molar-refractivity contribution in [3.63, 3.8) is 0 Å². The molecule has 1 aromatic carbocycles. The second-order valence-electron chi connectivity index (χ2n) is 3.94. The fourth-order valence-corrected chi connectivity index (χ4v) is 1.73. The van der Waals surface area contributed by atoms with Gasteiger partial charge in [-0.3, -0.25) is 0 Å². The monoisotopic (exact) mass is 264 g/mol. The molecule has 0 fully saturated rings. The molecule has 5 nitrogen and oxygen atoms in total. The minimum Gasteiger partial charge on any atom is -0.437 e. The van der Waals surface area contributed by atoms with Gasteiger partial charge in [-0.25, -0.2) is 13.9 Å². The van der Waals surface area contributed by atoms with Gasteiger partial charge in [0.1, 0.15) is 11.5 Å². The second-order valence-corrected chi connectivity index (χ2v) is 3.94. The normalized spacial score (nSPS) is 10.3. The van der Waals surface area contributed by atoms with Crippen LogP contribution in [0.3, 0.4) is 0 Å². The Balaban J connectivity index is 2.40. The van der Waals surface area contributed by atoms with Crippen LogP contribution in [0, 0.1) is 19.7 Å². The highest BCUT2D eigenvalue weighted by Crippen LogP contribution is 2.25. The minimum absolute atomic E-state index is 0.323. The van der Waals surface area contributed by atoms with E-state index in [0.717, 1.165) is 0 Å². The van der Waals surface area contributed by atoms with Crippen LogP contribution < -0.4 is 4.74 Å². The molecule has 0 aliphatic heterocycles. The molecule has 2 aromatic rings. The highest BCUT2D eigenvalue weighted by molar-refractivity contribution is 5.64. The average Bonchev–Trinajstić information content (AvgIpc) is 2.67. The number of aromatic nitrogens is 2. The molecule has 6 heteroatoms. The quantitative estimate of drug-likeness (QED) is 0.783. The maximum atomic E-state index is 12.9. The smallest absolute Gasteiger partial charge is 0.437 e. The number of carbonyl (C=O) groups is 1. The summed E-state index contributed by atoms with van der Waals surface area (Å²) in [4.78, 5) is 11.1. The summed E-state index contributed by atoms with van der Waals surface area (Å²) in [7, 11) is 1.23. The molecular weight excluding hydrogens is 251 g/mol. The Labute approximate surface area is 109 Å². The van der Waals surface area contributed by atoms with Crippen LogP contribution in [0.4, 0.5) is 9.18 Å². The fourth-order valence-electron chi connectivity index (χ4n) is 1.73. The first-order valence-corrected chi connectivity index (χ1v) is 5.61. The topological polar surface area (TPSA) is 53.4 Å². The summed E-state index contributed by atoms with van der Waals surface area (Å²) in [6.45, 7) is 3.47. The number of nitrogens with zero attached hydrogens (tertiary/aromatic N) is 2. The molecule has 0 bridgehead atoms. The zero-order chi connectivity index (χ0) is 14.0. The van der Waals surface area contributed by atoms with Crippen molar-refractivity contribution >= 4 is 6.16 Å². The zero-order valence-electron chi connectivity index (χ0n) is 10.8. The predicted octanol–water partition coefficient (Wildman–Crippen LogP) is 2.77. The van der Waals surface area contributed by atoms with Crippen molar-refractivity contribution in [2.75, 3.05) is 7.11 Å². The molecular formula is C13H13FN2O3. The van der Waals surface area contributed by atoms with Crippen molar-refractivity contribution in [3.05, 3.63) is 41.5 Å². The van der Waals surface area contributed by atoms with Crippen molar-refractivity contribution in [1.29, 1.82) is 0 Å². The van der Waals surface area contributed by atoms with E-state index in [-0.39, 0.29) is 5.82 Å². The minimum atomic E-state index is -0.801. The molecule has 100 valence electrons. The molecule has 1 aromatic heterocycles. The van der Waals surface area contributed by atoms with Crippen molar-refractivity contribution in [2.24, 2.45) is 0 Å². The van der Waals surface area contributed by atoms with Crippen LogP contribution in [0.1, 0.15) is 11.4 Å². The third-order valence-electron chi connectivity index (χ3n) is 2.65. The van der Waals surface area contributed by atoms with Crippen molar-refractivity contribution < 1.29 is 18.7 Å². The van der Waals surface area contributed by atoms with Gasteiger partial charge in [0.15, 0.2) is 5.75 Å². The van der Waals surface area contributed by atoms with Gasteiger partial charge >= 0.3 is 6.16 Å². The summed E-state index contributed by atoms with van der Waals surface area (Å²) >= 11 is 0. The Morgan fingerprint density at radius 2 is 1.89 bits per heavy atom. The molecule has 0 radical (unpaired) electrons.